The van der Waals surface area contributed by atoms with E-state index in [1.807, 2.05) is 0 Å². The number of hydrogen-bond donors (Lipinski definition) is 2. The van der Waals surface area contributed by atoms with Crippen molar-refractivity contribution in [2.75, 3.05) is 13.2 Å². The molecule has 0 bridgehead atoms. The lowest BCUT2D eigenvalue weighted by Gasteiger charge is -2.34. The molecule has 0 aliphatic carbocycles. The Morgan fingerprint density at radius 1 is 1.37 bits per heavy atom. The minimum atomic E-state index is 0.292. The van der Waals surface area contributed by atoms with E-state index in [-0.39, 0.29) is 0 Å². The summed E-state index contributed by atoms with van der Waals surface area (Å²) in [6.45, 7) is 6.26. The SMILES string of the molecule is CCC(C)C(c1ccccc1)C(NN)C1CCOC1. The summed E-state index contributed by atoms with van der Waals surface area (Å²) in [5, 5.41) is 0. The van der Waals surface area contributed by atoms with Gasteiger partial charge in [0.25, 0.3) is 0 Å². The molecule has 1 aliphatic heterocycles. The number of hydrogen-bond acceptors (Lipinski definition) is 3. The number of rotatable bonds is 6. The predicted molar refractivity (Wildman–Crippen MR) is 78.7 cm³/mol. The van der Waals surface area contributed by atoms with Gasteiger partial charge in [-0.25, -0.2) is 0 Å². The summed E-state index contributed by atoms with van der Waals surface area (Å²) < 4.78 is 5.54. The Morgan fingerprint density at radius 2 is 2.11 bits per heavy atom. The Hall–Kier alpha value is -0.900. The molecule has 0 saturated carbocycles. The first-order chi connectivity index (χ1) is 9.27. The molecule has 106 valence electrons. The average Bonchev–Trinajstić information content (AvgIpc) is 2.98. The van der Waals surface area contributed by atoms with Crippen LogP contribution in [0.2, 0.25) is 0 Å². The van der Waals surface area contributed by atoms with Crippen molar-refractivity contribution in [3.8, 4) is 0 Å². The standard InChI is InChI=1S/C16H26N2O/c1-3-12(2)15(13-7-5-4-6-8-13)16(18-17)14-9-10-19-11-14/h4-8,12,14-16,18H,3,9-11,17H2,1-2H3. The van der Waals surface area contributed by atoms with E-state index in [2.05, 4.69) is 49.6 Å². The molecule has 1 aliphatic rings. The van der Waals surface area contributed by atoms with E-state index >= 15 is 0 Å². The first kappa shape index (κ1) is 14.5. The van der Waals surface area contributed by atoms with Crippen molar-refractivity contribution in [2.24, 2.45) is 17.7 Å². The third kappa shape index (κ3) is 3.35. The second-order valence-corrected chi connectivity index (χ2v) is 5.64. The summed E-state index contributed by atoms with van der Waals surface area (Å²) in [7, 11) is 0. The smallest absolute Gasteiger partial charge is 0.0510 e. The molecule has 0 amide bonds. The zero-order valence-electron chi connectivity index (χ0n) is 12.0. The minimum absolute atomic E-state index is 0.292. The van der Waals surface area contributed by atoms with Gasteiger partial charge in [0.2, 0.25) is 0 Å². The van der Waals surface area contributed by atoms with Crippen LogP contribution in [-0.4, -0.2) is 19.3 Å². The lowest BCUT2D eigenvalue weighted by atomic mass is 9.75. The van der Waals surface area contributed by atoms with Gasteiger partial charge in [-0.1, -0.05) is 50.6 Å². The molecule has 3 N–H and O–H groups in total. The molecule has 0 aromatic heterocycles. The van der Waals surface area contributed by atoms with Gasteiger partial charge in [0, 0.05) is 24.5 Å². The van der Waals surface area contributed by atoms with Crippen molar-refractivity contribution in [2.45, 2.75) is 38.6 Å². The fourth-order valence-electron chi connectivity index (χ4n) is 3.19. The molecule has 4 atom stereocenters. The quantitative estimate of drug-likeness (QED) is 0.612. The Balaban J connectivity index is 2.25. The van der Waals surface area contributed by atoms with Crippen LogP contribution in [0, 0.1) is 11.8 Å². The van der Waals surface area contributed by atoms with Crippen molar-refractivity contribution in [1.29, 1.82) is 0 Å². The van der Waals surface area contributed by atoms with Gasteiger partial charge in [-0.2, -0.15) is 0 Å². The summed E-state index contributed by atoms with van der Waals surface area (Å²) in [5.41, 5.74) is 4.46. The highest BCUT2D eigenvalue weighted by Crippen LogP contribution is 2.35. The molecule has 3 nitrogen and oxygen atoms in total. The highest BCUT2D eigenvalue weighted by atomic mass is 16.5. The van der Waals surface area contributed by atoms with Gasteiger partial charge >= 0.3 is 0 Å². The molecule has 4 unspecified atom stereocenters. The lowest BCUT2D eigenvalue weighted by Crippen LogP contribution is -2.47. The molecule has 19 heavy (non-hydrogen) atoms. The van der Waals surface area contributed by atoms with Crippen molar-refractivity contribution >= 4 is 0 Å². The van der Waals surface area contributed by atoms with Crippen LogP contribution < -0.4 is 11.3 Å². The zero-order valence-corrected chi connectivity index (χ0v) is 12.0. The van der Waals surface area contributed by atoms with E-state index in [0.717, 1.165) is 26.1 Å². The molecule has 1 fully saturated rings. The first-order valence-corrected chi connectivity index (χ1v) is 7.36. The Kier molecular flexibility index (Phi) is 5.37. The number of benzene rings is 1. The maximum absolute atomic E-state index is 5.88. The van der Waals surface area contributed by atoms with E-state index < -0.39 is 0 Å². The van der Waals surface area contributed by atoms with Crippen molar-refractivity contribution in [3.05, 3.63) is 35.9 Å². The van der Waals surface area contributed by atoms with Gasteiger partial charge in [-0.3, -0.25) is 11.3 Å². The fraction of sp³-hybridized carbons (Fsp3) is 0.625. The summed E-state index contributed by atoms with van der Waals surface area (Å²) >= 11 is 0. The molecular formula is C16H26N2O. The van der Waals surface area contributed by atoms with Crippen LogP contribution in [0.25, 0.3) is 0 Å². The number of ether oxygens (including phenoxy) is 1. The van der Waals surface area contributed by atoms with Crippen LogP contribution in [0.4, 0.5) is 0 Å². The second-order valence-electron chi connectivity index (χ2n) is 5.64. The van der Waals surface area contributed by atoms with Gasteiger partial charge in [0.1, 0.15) is 0 Å². The Labute approximate surface area is 116 Å². The zero-order chi connectivity index (χ0) is 13.7. The topological polar surface area (TPSA) is 47.3 Å². The van der Waals surface area contributed by atoms with E-state index in [4.69, 9.17) is 10.6 Å². The maximum atomic E-state index is 5.88. The van der Waals surface area contributed by atoms with E-state index in [9.17, 15) is 0 Å². The van der Waals surface area contributed by atoms with Crippen LogP contribution in [0.1, 0.15) is 38.2 Å². The Bertz CT molecular complexity index is 362. The van der Waals surface area contributed by atoms with Gasteiger partial charge in [0.15, 0.2) is 0 Å². The van der Waals surface area contributed by atoms with Crippen molar-refractivity contribution in [1.82, 2.24) is 5.43 Å². The molecule has 0 radical (unpaired) electrons. The van der Waals surface area contributed by atoms with E-state index in [0.29, 0.717) is 23.8 Å². The number of nitrogens with two attached hydrogens (primary N) is 1. The monoisotopic (exact) mass is 262 g/mol. The Morgan fingerprint density at radius 3 is 2.63 bits per heavy atom. The molecule has 3 heteroatoms. The fourth-order valence-corrected chi connectivity index (χ4v) is 3.19. The van der Waals surface area contributed by atoms with Crippen molar-refractivity contribution in [3.63, 3.8) is 0 Å². The summed E-state index contributed by atoms with van der Waals surface area (Å²) in [6, 6.07) is 11.0. The molecule has 0 spiro atoms. The van der Waals surface area contributed by atoms with Gasteiger partial charge in [-0.15, -0.1) is 0 Å². The highest BCUT2D eigenvalue weighted by molar-refractivity contribution is 5.22. The first-order valence-electron chi connectivity index (χ1n) is 7.36. The molecule has 1 aromatic rings. The van der Waals surface area contributed by atoms with Crippen LogP contribution >= 0.6 is 0 Å². The molecule has 1 aromatic carbocycles. The lowest BCUT2D eigenvalue weighted by molar-refractivity contribution is 0.166. The van der Waals surface area contributed by atoms with Crippen LogP contribution in [0.5, 0.6) is 0 Å². The molecule has 1 saturated heterocycles. The van der Waals surface area contributed by atoms with E-state index in [1.165, 1.54) is 5.56 Å². The summed E-state index contributed by atoms with van der Waals surface area (Å²) in [5.74, 6) is 7.44. The highest BCUT2D eigenvalue weighted by Gasteiger charge is 2.34. The van der Waals surface area contributed by atoms with Crippen LogP contribution in [0.3, 0.4) is 0 Å². The minimum Gasteiger partial charge on any atom is -0.381 e. The van der Waals surface area contributed by atoms with Crippen LogP contribution in [-0.2, 0) is 4.74 Å². The van der Waals surface area contributed by atoms with Gasteiger partial charge in [0.05, 0.1) is 6.61 Å². The van der Waals surface area contributed by atoms with E-state index in [1.54, 1.807) is 0 Å². The van der Waals surface area contributed by atoms with Crippen molar-refractivity contribution < 1.29 is 4.74 Å². The molecule has 1 heterocycles. The average molecular weight is 262 g/mol. The normalized spacial score (nSPS) is 24.1. The largest absolute Gasteiger partial charge is 0.381 e. The third-order valence-corrected chi connectivity index (χ3v) is 4.49. The maximum Gasteiger partial charge on any atom is 0.0510 e. The molecule has 2 rings (SSSR count). The summed E-state index contributed by atoms with van der Waals surface area (Å²) in [6.07, 6.45) is 2.26. The molecular weight excluding hydrogens is 236 g/mol. The van der Waals surface area contributed by atoms with Gasteiger partial charge in [-0.05, 0) is 17.9 Å². The second kappa shape index (κ2) is 7.04. The predicted octanol–water partition coefficient (Wildman–Crippen LogP) is 2.68. The van der Waals surface area contributed by atoms with Gasteiger partial charge < -0.3 is 4.74 Å². The third-order valence-electron chi connectivity index (χ3n) is 4.49. The van der Waals surface area contributed by atoms with Crippen LogP contribution in [0.15, 0.2) is 30.3 Å². The number of hydrazine groups is 1. The number of nitrogens with one attached hydrogen (secondary N) is 1. The summed E-state index contributed by atoms with van der Waals surface area (Å²) in [4.78, 5) is 0.